The summed E-state index contributed by atoms with van der Waals surface area (Å²) in [4.78, 5) is 12.3. The monoisotopic (exact) mass is 317 g/mol. The molecule has 0 saturated carbocycles. The number of halogens is 1. The first-order valence-electron chi connectivity index (χ1n) is 7.06. The molecule has 22 heavy (non-hydrogen) atoms. The zero-order valence-corrected chi connectivity index (χ0v) is 13.2. The number of benzene rings is 1. The van der Waals surface area contributed by atoms with Crippen LogP contribution in [0.4, 0.5) is 0 Å². The Balaban J connectivity index is 1.79. The molecular formula is C17H16ClNO3. The highest BCUT2D eigenvalue weighted by Gasteiger charge is 2.19. The van der Waals surface area contributed by atoms with Crippen LogP contribution in [0, 0.1) is 13.8 Å². The van der Waals surface area contributed by atoms with E-state index < -0.39 is 0 Å². The molecule has 1 aromatic carbocycles. The minimum Gasteiger partial charge on any atom is -0.469 e. The van der Waals surface area contributed by atoms with Crippen LogP contribution >= 0.6 is 11.6 Å². The summed E-state index contributed by atoms with van der Waals surface area (Å²) in [5.41, 5.74) is 2.39. The van der Waals surface area contributed by atoms with E-state index in [1.165, 1.54) is 0 Å². The average Bonchev–Trinajstić information content (AvgIpc) is 3.08. The quantitative estimate of drug-likeness (QED) is 0.782. The fraction of sp³-hybridized carbons (Fsp3) is 0.235. The van der Waals surface area contributed by atoms with Gasteiger partial charge >= 0.3 is 0 Å². The Kier molecular flexibility index (Phi) is 3.94. The summed E-state index contributed by atoms with van der Waals surface area (Å²) in [6.45, 7) is 4.31. The summed E-state index contributed by atoms with van der Waals surface area (Å²) in [6.07, 6.45) is 2.25. The Labute approximate surface area is 133 Å². The van der Waals surface area contributed by atoms with Gasteiger partial charge in [-0.05, 0) is 43.7 Å². The smallest absolute Gasteiger partial charge is 0.287 e. The molecule has 5 heteroatoms. The summed E-state index contributed by atoms with van der Waals surface area (Å²) >= 11 is 6.19. The van der Waals surface area contributed by atoms with E-state index >= 15 is 0 Å². The number of carbonyl (C=O) groups is 1. The van der Waals surface area contributed by atoms with Gasteiger partial charge in [-0.25, -0.2) is 0 Å². The largest absolute Gasteiger partial charge is 0.469 e. The lowest BCUT2D eigenvalue weighted by molar-refractivity contribution is 0.0927. The summed E-state index contributed by atoms with van der Waals surface area (Å²) in [5, 5.41) is 4.23. The summed E-state index contributed by atoms with van der Waals surface area (Å²) in [7, 11) is 0. The van der Waals surface area contributed by atoms with Crippen LogP contribution in [0.1, 0.15) is 27.4 Å². The van der Waals surface area contributed by atoms with Crippen molar-refractivity contribution in [3.63, 3.8) is 0 Å². The van der Waals surface area contributed by atoms with E-state index in [-0.39, 0.29) is 5.91 Å². The van der Waals surface area contributed by atoms with Gasteiger partial charge < -0.3 is 14.2 Å². The molecule has 2 aromatic heterocycles. The van der Waals surface area contributed by atoms with E-state index in [1.807, 2.05) is 38.1 Å². The van der Waals surface area contributed by atoms with Crippen LogP contribution in [0.3, 0.4) is 0 Å². The maximum atomic E-state index is 12.3. The molecule has 0 atom stereocenters. The van der Waals surface area contributed by atoms with Crippen LogP contribution in [0.25, 0.3) is 11.0 Å². The van der Waals surface area contributed by atoms with Crippen molar-refractivity contribution >= 4 is 28.5 Å². The molecule has 1 amide bonds. The lowest BCUT2D eigenvalue weighted by atomic mass is 10.1. The molecule has 3 rings (SSSR count). The predicted octanol–water partition coefficient (Wildman–Crippen LogP) is 4.27. The Bertz CT molecular complexity index is 818. The minimum atomic E-state index is -0.242. The zero-order chi connectivity index (χ0) is 15.7. The predicted molar refractivity (Wildman–Crippen MR) is 85.4 cm³/mol. The van der Waals surface area contributed by atoms with Gasteiger partial charge in [-0.15, -0.1) is 0 Å². The van der Waals surface area contributed by atoms with Gasteiger partial charge in [0.2, 0.25) is 0 Å². The van der Waals surface area contributed by atoms with Crippen molar-refractivity contribution in [1.29, 1.82) is 0 Å². The number of hydrogen-bond donors (Lipinski definition) is 1. The van der Waals surface area contributed by atoms with E-state index in [0.717, 1.165) is 22.3 Å². The van der Waals surface area contributed by atoms with E-state index in [9.17, 15) is 4.79 Å². The third-order valence-corrected chi connectivity index (χ3v) is 3.86. The second-order valence-electron chi connectivity index (χ2n) is 5.26. The van der Waals surface area contributed by atoms with Crippen LogP contribution in [0.5, 0.6) is 0 Å². The first kappa shape index (κ1) is 14.7. The third-order valence-electron chi connectivity index (χ3n) is 3.58. The van der Waals surface area contributed by atoms with Gasteiger partial charge in [-0.1, -0.05) is 11.6 Å². The summed E-state index contributed by atoms with van der Waals surface area (Å²) in [6, 6.07) is 7.50. The molecule has 2 heterocycles. The molecule has 0 fully saturated rings. The van der Waals surface area contributed by atoms with E-state index in [0.29, 0.717) is 29.3 Å². The lowest BCUT2D eigenvalue weighted by Gasteiger charge is -2.02. The van der Waals surface area contributed by atoms with E-state index in [4.69, 9.17) is 20.4 Å². The number of aryl methyl sites for hydroxylation is 2. The number of hydrogen-bond acceptors (Lipinski definition) is 3. The van der Waals surface area contributed by atoms with Gasteiger partial charge in [0.15, 0.2) is 11.3 Å². The molecule has 0 spiro atoms. The molecular weight excluding hydrogens is 302 g/mol. The number of nitrogens with one attached hydrogen (secondary N) is 1. The van der Waals surface area contributed by atoms with Crippen molar-refractivity contribution in [2.75, 3.05) is 6.54 Å². The van der Waals surface area contributed by atoms with Gasteiger partial charge in [0, 0.05) is 23.9 Å². The fourth-order valence-corrected chi connectivity index (χ4v) is 2.78. The number of amides is 1. The molecule has 0 bridgehead atoms. The fourth-order valence-electron chi connectivity index (χ4n) is 2.46. The molecule has 0 aliphatic rings. The van der Waals surface area contributed by atoms with Crippen LogP contribution in [0.2, 0.25) is 5.02 Å². The van der Waals surface area contributed by atoms with Gasteiger partial charge in [-0.3, -0.25) is 4.79 Å². The second kappa shape index (κ2) is 5.89. The van der Waals surface area contributed by atoms with Crippen LogP contribution in [-0.2, 0) is 6.42 Å². The highest BCUT2D eigenvalue weighted by Crippen LogP contribution is 2.32. The van der Waals surface area contributed by atoms with Crippen molar-refractivity contribution in [2.24, 2.45) is 0 Å². The molecule has 114 valence electrons. The van der Waals surface area contributed by atoms with Crippen molar-refractivity contribution in [3.8, 4) is 0 Å². The average molecular weight is 318 g/mol. The number of carbonyl (C=O) groups excluding carboxylic acids is 1. The molecule has 0 aliphatic heterocycles. The molecule has 0 radical (unpaired) electrons. The molecule has 0 unspecified atom stereocenters. The van der Waals surface area contributed by atoms with Gasteiger partial charge in [0.1, 0.15) is 5.76 Å². The second-order valence-corrected chi connectivity index (χ2v) is 5.67. The zero-order valence-electron chi connectivity index (χ0n) is 12.4. The molecule has 3 aromatic rings. The standard InChI is InChI=1S/C17H16ClNO3/c1-10-8-13-11(2)15(22-16(13)14(18)9-10)17(20)19-6-5-12-4-3-7-21-12/h3-4,7-9H,5-6H2,1-2H3,(H,19,20). The Morgan fingerprint density at radius 2 is 2.14 bits per heavy atom. The Morgan fingerprint density at radius 1 is 1.32 bits per heavy atom. The lowest BCUT2D eigenvalue weighted by Crippen LogP contribution is -2.25. The number of furan rings is 2. The Morgan fingerprint density at radius 3 is 2.86 bits per heavy atom. The normalized spacial score (nSPS) is 11.0. The van der Waals surface area contributed by atoms with Gasteiger partial charge in [-0.2, -0.15) is 0 Å². The summed E-state index contributed by atoms with van der Waals surface area (Å²) < 4.78 is 10.9. The van der Waals surface area contributed by atoms with Crippen LogP contribution in [-0.4, -0.2) is 12.5 Å². The van der Waals surface area contributed by atoms with Gasteiger partial charge in [0.05, 0.1) is 11.3 Å². The van der Waals surface area contributed by atoms with E-state index in [1.54, 1.807) is 6.26 Å². The maximum absolute atomic E-state index is 12.3. The van der Waals surface area contributed by atoms with Crippen LogP contribution < -0.4 is 5.32 Å². The third kappa shape index (κ3) is 2.74. The van der Waals surface area contributed by atoms with E-state index in [2.05, 4.69) is 5.32 Å². The first-order chi connectivity index (χ1) is 10.6. The maximum Gasteiger partial charge on any atom is 0.287 e. The van der Waals surface area contributed by atoms with Crippen molar-refractivity contribution in [3.05, 3.63) is 58.2 Å². The van der Waals surface area contributed by atoms with Crippen molar-refractivity contribution in [2.45, 2.75) is 20.3 Å². The molecule has 0 saturated heterocycles. The first-order valence-corrected chi connectivity index (χ1v) is 7.44. The molecule has 4 nitrogen and oxygen atoms in total. The molecule has 1 N–H and O–H groups in total. The highest BCUT2D eigenvalue weighted by atomic mass is 35.5. The highest BCUT2D eigenvalue weighted by molar-refractivity contribution is 6.35. The number of rotatable bonds is 4. The summed E-state index contributed by atoms with van der Waals surface area (Å²) in [5.74, 6) is 0.899. The van der Waals surface area contributed by atoms with Crippen molar-refractivity contribution < 1.29 is 13.6 Å². The van der Waals surface area contributed by atoms with Crippen LogP contribution in [0.15, 0.2) is 39.4 Å². The topological polar surface area (TPSA) is 55.4 Å². The Hall–Kier alpha value is -2.20. The number of fused-ring (bicyclic) bond motifs is 1. The van der Waals surface area contributed by atoms with Crippen molar-refractivity contribution in [1.82, 2.24) is 5.32 Å². The molecule has 0 aliphatic carbocycles. The SMILES string of the molecule is Cc1cc(Cl)c2oc(C(=O)NCCc3ccco3)c(C)c2c1. The minimum absolute atomic E-state index is 0.242. The van der Waals surface area contributed by atoms with Gasteiger partial charge in [0.25, 0.3) is 5.91 Å².